The van der Waals surface area contributed by atoms with Crippen LogP contribution in [0.15, 0.2) is 27.6 Å². The third kappa shape index (κ3) is 4.03. The van der Waals surface area contributed by atoms with Crippen molar-refractivity contribution >= 4 is 26.0 Å². The largest absolute Gasteiger partial charge is 0.492 e. The Hall–Kier alpha value is -0.590. The third-order valence-electron chi connectivity index (χ3n) is 3.84. The first-order chi connectivity index (χ1) is 10.3. The van der Waals surface area contributed by atoms with Crippen LogP contribution in [0.3, 0.4) is 0 Å². The molecule has 1 aromatic rings. The molecule has 0 N–H and O–H groups in total. The van der Waals surface area contributed by atoms with Crippen LogP contribution in [-0.4, -0.2) is 32.4 Å². The van der Waals surface area contributed by atoms with Crippen LogP contribution in [-0.2, 0) is 10.0 Å². The SMILES string of the molecule is CCCOc1cc(S(=O)(=O)N2C[C@@H](C)C[C@H](C)C2)ccc1Br. The first-order valence-corrected chi connectivity index (χ1v) is 10.0. The van der Waals surface area contributed by atoms with Crippen molar-refractivity contribution in [3.63, 3.8) is 0 Å². The van der Waals surface area contributed by atoms with E-state index in [4.69, 9.17) is 4.74 Å². The zero-order valence-electron chi connectivity index (χ0n) is 13.4. The maximum Gasteiger partial charge on any atom is 0.243 e. The molecular weight excluding hydrogens is 366 g/mol. The first-order valence-electron chi connectivity index (χ1n) is 7.77. The van der Waals surface area contributed by atoms with E-state index in [9.17, 15) is 8.42 Å². The Balaban J connectivity index is 2.29. The van der Waals surface area contributed by atoms with E-state index < -0.39 is 10.0 Å². The molecule has 1 aliphatic heterocycles. The van der Waals surface area contributed by atoms with Gasteiger partial charge in [0.25, 0.3) is 0 Å². The van der Waals surface area contributed by atoms with Crippen LogP contribution in [0.25, 0.3) is 0 Å². The summed E-state index contributed by atoms with van der Waals surface area (Å²) in [6.07, 6.45) is 1.96. The number of nitrogens with zero attached hydrogens (tertiary/aromatic N) is 1. The Morgan fingerprint density at radius 3 is 2.50 bits per heavy atom. The zero-order chi connectivity index (χ0) is 16.3. The van der Waals surface area contributed by atoms with Gasteiger partial charge in [-0.15, -0.1) is 0 Å². The molecule has 0 radical (unpaired) electrons. The number of rotatable bonds is 5. The highest BCUT2D eigenvalue weighted by Crippen LogP contribution is 2.31. The van der Waals surface area contributed by atoms with E-state index >= 15 is 0 Å². The van der Waals surface area contributed by atoms with Crippen LogP contribution in [0.1, 0.15) is 33.6 Å². The summed E-state index contributed by atoms with van der Waals surface area (Å²) < 4.78 is 33.8. The Morgan fingerprint density at radius 1 is 1.27 bits per heavy atom. The molecule has 0 bridgehead atoms. The van der Waals surface area contributed by atoms with Gasteiger partial charge in [-0.25, -0.2) is 8.42 Å². The van der Waals surface area contributed by atoms with Gasteiger partial charge in [0.2, 0.25) is 10.0 Å². The summed E-state index contributed by atoms with van der Waals surface area (Å²) >= 11 is 3.41. The maximum absolute atomic E-state index is 12.9. The van der Waals surface area contributed by atoms with Crippen LogP contribution >= 0.6 is 15.9 Å². The second kappa shape index (κ2) is 7.32. The van der Waals surface area contributed by atoms with Crippen LogP contribution in [0.4, 0.5) is 0 Å². The lowest BCUT2D eigenvalue weighted by Gasteiger charge is -2.34. The molecule has 1 heterocycles. The number of halogens is 1. The van der Waals surface area contributed by atoms with Crippen molar-refractivity contribution in [3.05, 3.63) is 22.7 Å². The van der Waals surface area contributed by atoms with Crippen LogP contribution in [0.5, 0.6) is 5.75 Å². The molecule has 2 rings (SSSR count). The fraction of sp³-hybridized carbons (Fsp3) is 0.625. The number of piperidine rings is 1. The fourth-order valence-corrected chi connectivity index (χ4v) is 4.97. The van der Waals surface area contributed by atoms with Gasteiger partial charge in [0.15, 0.2) is 0 Å². The molecule has 0 amide bonds. The number of hydrogen-bond donors (Lipinski definition) is 0. The topological polar surface area (TPSA) is 46.6 Å². The standard InChI is InChI=1S/C16H24BrNO3S/c1-4-7-21-16-9-14(5-6-15(16)17)22(19,20)18-10-12(2)8-13(3)11-18/h5-6,9,12-13H,4,7-8,10-11H2,1-3H3/t12-,13-/m0/s1. The quantitative estimate of drug-likeness (QED) is 0.766. The lowest BCUT2D eigenvalue weighted by molar-refractivity contribution is 0.222. The summed E-state index contributed by atoms with van der Waals surface area (Å²) in [6.45, 7) is 7.98. The molecule has 6 heteroatoms. The van der Waals surface area contributed by atoms with E-state index in [1.807, 2.05) is 6.92 Å². The lowest BCUT2D eigenvalue weighted by atomic mass is 9.94. The molecule has 0 unspecified atom stereocenters. The summed E-state index contributed by atoms with van der Waals surface area (Å²) in [5.74, 6) is 1.37. The van der Waals surface area contributed by atoms with Gasteiger partial charge in [-0.05, 0) is 52.7 Å². The number of hydrogen-bond acceptors (Lipinski definition) is 3. The third-order valence-corrected chi connectivity index (χ3v) is 6.32. The smallest absolute Gasteiger partial charge is 0.243 e. The summed E-state index contributed by atoms with van der Waals surface area (Å²) in [5.41, 5.74) is 0. The monoisotopic (exact) mass is 389 g/mol. The average Bonchev–Trinajstić information content (AvgIpc) is 2.45. The van der Waals surface area contributed by atoms with Gasteiger partial charge in [-0.2, -0.15) is 4.31 Å². The van der Waals surface area contributed by atoms with Gasteiger partial charge in [0.05, 0.1) is 16.0 Å². The highest BCUT2D eigenvalue weighted by Gasteiger charge is 2.32. The molecule has 22 heavy (non-hydrogen) atoms. The number of sulfonamides is 1. The normalized spacial score (nSPS) is 23.5. The van der Waals surface area contributed by atoms with Gasteiger partial charge in [-0.1, -0.05) is 20.8 Å². The Labute approximate surface area is 142 Å². The van der Waals surface area contributed by atoms with Crippen molar-refractivity contribution in [2.75, 3.05) is 19.7 Å². The lowest BCUT2D eigenvalue weighted by Crippen LogP contribution is -2.42. The maximum atomic E-state index is 12.9. The minimum absolute atomic E-state index is 0.308. The molecule has 0 spiro atoms. The van der Waals surface area contributed by atoms with Gasteiger partial charge < -0.3 is 4.74 Å². The molecule has 0 aliphatic carbocycles. The summed E-state index contributed by atoms with van der Waals surface area (Å²) in [5, 5.41) is 0. The minimum atomic E-state index is -3.46. The summed E-state index contributed by atoms with van der Waals surface area (Å²) in [7, 11) is -3.46. The highest BCUT2D eigenvalue weighted by molar-refractivity contribution is 9.10. The zero-order valence-corrected chi connectivity index (χ0v) is 15.8. The van der Waals surface area contributed by atoms with E-state index in [1.165, 1.54) is 0 Å². The minimum Gasteiger partial charge on any atom is -0.492 e. The summed E-state index contributed by atoms with van der Waals surface area (Å²) in [6, 6.07) is 5.01. The molecular formula is C16H24BrNO3S. The van der Waals surface area contributed by atoms with Crippen LogP contribution in [0, 0.1) is 11.8 Å². The average molecular weight is 390 g/mol. The van der Waals surface area contributed by atoms with Crippen molar-refractivity contribution in [1.82, 2.24) is 4.31 Å². The van der Waals surface area contributed by atoms with E-state index in [2.05, 4.69) is 29.8 Å². The Morgan fingerprint density at radius 2 is 1.91 bits per heavy atom. The van der Waals surface area contributed by atoms with Crippen molar-refractivity contribution in [2.24, 2.45) is 11.8 Å². The first kappa shape index (κ1) is 17.8. The van der Waals surface area contributed by atoms with Crippen LogP contribution < -0.4 is 4.74 Å². The van der Waals surface area contributed by atoms with E-state index in [1.54, 1.807) is 22.5 Å². The number of benzene rings is 1. The molecule has 4 nitrogen and oxygen atoms in total. The second-order valence-corrected chi connectivity index (χ2v) is 9.00. The number of ether oxygens (including phenoxy) is 1. The Kier molecular flexibility index (Phi) is 5.91. The van der Waals surface area contributed by atoms with E-state index in [0.29, 0.717) is 42.2 Å². The fourth-order valence-electron chi connectivity index (χ4n) is 2.92. The predicted molar refractivity (Wildman–Crippen MR) is 91.6 cm³/mol. The van der Waals surface area contributed by atoms with Crippen molar-refractivity contribution in [2.45, 2.75) is 38.5 Å². The van der Waals surface area contributed by atoms with E-state index in [0.717, 1.165) is 17.3 Å². The van der Waals surface area contributed by atoms with Crippen molar-refractivity contribution in [3.8, 4) is 5.75 Å². The van der Waals surface area contributed by atoms with Crippen molar-refractivity contribution in [1.29, 1.82) is 0 Å². The van der Waals surface area contributed by atoms with Gasteiger partial charge in [0, 0.05) is 19.2 Å². The molecule has 0 saturated carbocycles. The molecule has 0 aromatic heterocycles. The molecule has 2 atom stereocenters. The van der Waals surface area contributed by atoms with Gasteiger partial charge in [-0.3, -0.25) is 0 Å². The molecule has 124 valence electrons. The van der Waals surface area contributed by atoms with Gasteiger partial charge in [0.1, 0.15) is 5.75 Å². The molecule has 1 saturated heterocycles. The van der Waals surface area contributed by atoms with Gasteiger partial charge >= 0.3 is 0 Å². The second-order valence-electron chi connectivity index (χ2n) is 6.21. The van der Waals surface area contributed by atoms with E-state index in [-0.39, 0.29) is 0 Å². The predicted octanol–water partition coefficient (Wildman–Crippen LogP) is 3.90. The Bertz CT molecular complexity index is 608. The molecule has 1 aromatic carbocycles. The molecule has 1 fully saturated rings. The summed E-state index contributed by atoms with van der Waals surface area (Å²) in [4.78, 5) is 0.308. The van der Waals surface area contributed by atoms with Crippen molar-refractivity contribution < 1.29 is 13.2 Å². The highest BCUT2D eigenvalue weighted by atomic mass is 79.9. The van der Waals surface area contributed by atoms with Crippen LogP contribution in [0.2, 0.25) is 0 Å². The molecule has 1 aliphatic rings.